The number of rotatable bonds is 4. The molecule has 0 heterocycles. The molecule has 0 fully saturated rings. The molecule has 0 radical (unpaired) electrons. The molecular weight excluding hydrogens is 197 g/mol. The highest BCUT2D eigenvalue weighted by Crippen LogP contribution is 2.36. The number of phosphoric acid groups is 1. The number of phosphoric ester groups is 1. The van der Waals surface area contributed by atoms with E-state index < -0.39 is 19.8 Å². The number of carbonyl (C=O) groups excluding carboxylic acids is 1. The molecule has 0 spiro atoms. The van der Waals surface area contributed by atoms with E-state index in [-0.39, 0.29) is 5.92 Å². The minimum Gasteiger partial charge on any atom is -0.369 e. The molecule has 0 aromatic rings. The zero-order valence-corrected chi connectivity index (χ0v) is 8.40. The quantitative estimate of drug-likeness (QED) is 0.564. The first-order chi connectivity index (χ1) is 5.78. The Morgan fingerprint density at radius 3 is 2.38 bits per heavy atom. The third-order valence-electron chi connectivity index (χ3n) is 1.74. The zero-order chi connectivity index (χ0) is 10.6. The van der Waals surface area contributed by atoms with Crippen LogP contribution in [0, 0.1) is 5.92 Å². The Hall–Kier alpha value is -0.420. The lowest BCUT2D eigenvalue weighted by Crippen LogP contribution is -2.37. The summed E-state index contributed by atoms with van der Waals surface area (Å²) in [5, 5.41) is 0. The molecule has 6 nitrogen and oxygen atoms in total. The van der Waals surface area contributed by atoms with Gasteiger partial charge in [-0.2, -0.15) is 0 Å². The van der Waals surface area contributed by atoms with Crippen molar-refractivity contribution in [3.05, 3.63) is 0 Å². The van der Waals surface area contributed by atoms with E-state index in [1.54, 1.807) is 6.92 Å². The molecule has 0 rings (SSSR count). The third kappa shape index (κ3) is 5.00. The number of nitrogens with two attached hydrogens (primary N) is 1. The van der Waals surface area contributed by atoms with Gasteiger partial charge in [0.15, 0.2) is 0 Å². The van der Waals surface area contributed by atoms with Crippen molar-refractivity contribution in [2.45, 2.75) is 26.3 Å². The first-order valence-electron chi connectivity index (χ1n) is 3.82. The van der Waals surface area contributed by atoms with Gasteiger partial charge in [0.2, 0.25) is 0 Å². The second-order valence-electron chi connectivity index (χ2n) is 2.81. The highest BCUT2D eigenvalue weighted by atomic mass is 31.2. The first kappa shape index (κ1) is 12.6. The topological polar surface area (TPSA) is 110 Å². The van der Waals surface area contributed by atoms with Crippen LogP contribution in [0.4, 0.5) is 0 Å². The fraction of sp³-hybridized carbons (Fsp3) is 0.833. The van der Waals surface area contributed by atoms with Crippen molar-refractivity contribution < 1.29 is 23.7 Å². The maximum atomic E-state index is 10.9. The van der Waals surface area contributed by atoms with Crippen LogP contribution in [0.25, 0.3) is 0 Å². The van der Waals surface area contributed by atoms with Crippen molar-refractivity contribution in [1.82, 2.24) is 0 Å². The van der Waals surface area contributed by atoms with Crippen molar-refractivity contribution in [3.8, 4) is 0 Å². The predicted molar refractivity (Wildman–Crippen MR) is 45.6 cm³/mol. The molecule has 0 unspecified atom stereocenters. The van der Waals surface area contributed by atoms with E-state index >= 15 is 0 Å². The Kier molecular flexibility index (Phi) is 4.56. The van der Waals surface area contributed by atoms with E-state index in [1.165, 1.54) is 0 Å². The minimum absolute atomic E-state index is 0.168. The summed E-state index contributed by atoms with van der Waals surface area (Å²) in [7, 11) is -4.76. The predicted octanol–water partition coefficient (Wildman–Crippen LogP) is -0.00430. The van der Waals surface area contributed by atoms with Crippen LogP contribution in [0.1, 0.15) is 20.3 Å². The lowest BCUT2D eigenvalue weighted by molar-refractivity contribution is -0.138. The summed E-state index contributed by atoms with van der Waals surface area (Å²) in [6.07, 6.45) is 0.636. The van der Waals surface area contributed by atoms with E-state index in [2.05, 4.69) is 4.52 Å². The average Bonchev–Trinajstić information content (AvgIpc) is 1.98. The highest BCUT2D eigenvalue weighted by Gasteiger charge is 2.27. The van der Waals surface area contributed by atoms with Gasteiger partial charge >= 0.3 is 13.8 Å². The standard InChI is InChI=1S/C6H14NO5P/c1-3-4(2)5(7)6(8)12-13(9,10)11/h4-5H,3,7H2,1-2H3,(H2,9,10,11)/t4-,5-/m0/s1. The monoisotopic (exact) mass is 211 g/mol. The lowest BCUT2D eigenvalue weighted by Gasteiger charge is -2.16. The van der Waals surface area contributed by atoms with Gasteiger partial charge in [-0.1, -0.05) is 20.3 Å². The molecule has 0 aromatic carbocycles. The summed E-state index contributed by atoms with van der Waals surface area (Å²) in [5.74, 6) is -1.23. The summed E-state index contributed by atoms with van der Waals surface area (Å²) >= 11 is 0. The van der Waals surface area contributed by atoms with Crippen LogP contribution >= 0.6 is 7.82 Å². The molecule has 13 heavy (non-hydrogen) atoms. The normalized spacial score (nSPS) is 16.4. The zero-order valence-electron chi connectivity index (χ0n) is 7.51. The summed E-state index contributed by atoms with van der Waals surface area (Å²) < 4.78 is 14.1. The van der Waals surface area contributed by atoms with Gasteiger partial charge in [-0.3, -0.25) is 9.79 Å². The fourth-order valence-corrected chi connectivity index (χ4v) is 1.02. The lowest BCUT2D eigenvalue weighted by atomic mass is 10.0. The molecule has 0 aromatic heterocycles. The van der Waals surface area contributed by atoms with Crippen molar-refractivity contribution in [2.75, 3.05) is 0 Å². The molecule has 0 bridgehead atoms. The van der Waals surface area contributed by atoms with Gasteiger partial charge < -0.3 is 10.3 Å². The molecule has 0 aliphatic carbocycles. The molecule has 2 atom stereocenters. The SMILES string of the molecule is CC[C@H](C)[C@H](N)C(=O)OP(=O)(O)O. The van der Waals surface area contributed by atoms with Gasteiger partial charge in [-0.05, 0) is 5.92 Å². The fourth-order valence-electron chi connectivity index (χ4n) is 0.664. The Morgan fingerprint density at radius 2 is 2.08 bits per heavy atom. The van der Waals surface area contributed by atoms with Crippen molar-refractivity contribution in [2.24, 2.45) is 11.7 Å². The molecule has 0 saturated carbocycles. The molecule has 7 heteroatoms. The van der Waals surface area contributed by atoms with Crippen molar-refractivity contribution >= 4 is 13.8 Å². The molecular formula is C6H14NO5P. The third-order valence-corrected chi connectivity index (χ3v) is 2.16. The van der Waals surface area contributed by atoms with E-state index in [1.807, 2.05) is 6.92 Å². The van der Waals surface area contributed by atoms with Crippen LogP contribution in [0.2, 0.25) is 0 Å². The highest BCUT2D eigenvalue weighted by molar-refractivity contribution is 7.46. The minimum atomic E-state index is -4.76. The Morgan fingerprint density at radius 1 is 1.62 bits per heavy atom. The van der Waals surface area contributed by atoms with Crippen LogP contribution in [0.5, 0.6) is 0 Å². The summed E-state index contributed by atoms with van der Waals surface area (Å²) in [6.45, 7) is 3.51. The van der Waals surface area contributed by atoms with Crippen molar-refractivity contribution in [1.29, 1.82) is 0 Å². The van der Waals surface area contributed by atoms with Gasteiger partial charge in [-0.15, -0.1) is 0 Å². The summed E-state index contributed by atoms with van der Waals surface area (Å²) in [6, 6.07) is -0.988. The van der Waals surface area contributed by atoms with E-state index in [9.17, 15) is 9.36 Å². The van der Waals surface area contributed by atoms with Crippen LogP contribution in [0.3, 0.4) is 0 Å². The van der Waals surface area contributed by atoms with E-state index in [0.717, 1.165) is 0 Å². The van der Waals surface area contributed by atoms with Gasteiger partial charge in [0.05, 0.1) is 0 Å². The van der Waals surface area contributed by atoms with Crippen molar-refractivity contribution in [3.63, 3.8) is 0 Å². The average molecular weight is 211 g/mol. The Bertz CT molecular complexity index is 225. The largest absolute Gasteiger partial charge is 0.527 e. The summed E-state index contributed by atoms with van der Waals surface area (Å²) in [4.78, 5) is 27.5. The number of hydrogen-bond donors (Lipinski definition) is 3. The second kappa shape index (κ2) is 4.72. The Balaban J connectivity index is 4.20. The van der Waals surface area contributed by atoms with E-state index in [0.29, 0.717) is 6.42 Å². The maximum absolute atomic E-state index is 10.9. The molecule has 0 amide bonds. The number of carbonyl (C=O) groups is 1. The van der Waals surface area contributed by atoms with Gasteiger partial charge in [0, 0.05) is 0 Å². The van der Waals surface area contributed by atoms with Gasteiger partial charge in [0.25, 0.3) is 0 Å². The molecule has 0 saturated heterocycles. The van der Waals surface area contributed by atoms with Crippen LogP contribution in [-0.4, -0.2) is 21.8 Å². The number of hydrogen-bond acceptors (Lipinski definition) is 4. The van der Waals surface area contributed by atoms with Crippen LogP contribution < -0.4 is 5.73 Å². The van der Waals surface area contributed by atoms with Gasteiger partial charge in [-0.25, -0.2) is 9.36 Å². The molecule has 0 aliphatic heterocycles. The molecule has 4 N–H and O–H groups in total. The smallest absolute Gasteiger partial charge is 0.369 e. The van der Waals surface area contributed by atoms with Gasteiger partial charge in [0.1, 0.15) is 6.04 Å². The molecule has 0 aliphatic rings. The maximum Gasteiger partial charge on any atom is 0.527 e. The van der Waals surface area contributed by atoms with Crippen LogP contribution in [0.15, 0.2) is 0 Å². The second-order valence-corrected chi connectivity index (χ2v) is 3.98. The summed E-state index contributed by atoms with van der Waals surface area (Å²) in [5.41, 5.74) is 5.36. The van der Waals surface area contributed by atoms with E-state index in [4.69, 9.17) is 15.5 Å². The molecule has 78 valence electrons. The Labute approximate surface area is 76.3 Å². The first-order valence-corrected chi connectivity index (χ1v) is 5.35. The van der Waals surface area contributed by atoms with Crippen LogP contribution in [-0.2, 0) is 13.9 Å².